The number of amides is 2. The molecule has 0 heterocycles. The summed E-state index contributed by atoms with van der Waals surface area (Å²) < 4.78 is 0. The third kappa shape index (κ3) is 5.49. The summed E-state index contributed by atoms with van der Waals surface area (Å²) in [7, 11) is 0. The third-order valence-electron chi connectivity index (χ3n) is 3.68. The average molecular weight is 270 g/mol. The minimum atomic E-state index is -0.970. The highest BCUT2D eigenvalue weighted by Crippen LogP contribution is 2.36. The Morgan fingerprint density at radius 2 is 1.89 bits per heavy atom. The fourth-order valence-corrected chi connectivity index (χ4v) is 2.63. The maximum atomic E-state index is 12.1. The first-order valence-electron chi connectivity index (χ1n) is 7.07. The highest BCUT2D eigenvalue weighted by atomic mass is 16.4. The van der Waals surface area contributed by atoms with Crippen molar-refractivity contribution < 1.29 is 14.7 Å². The minimum absolute atomic E-state index is 0.183. The number of rotatable bonds is 6. The molecule has 0 saturated heterocycles. The van der Waals surface area contributed by atoms with Crippen LogP contribution in [0.5, 0.6) is 0 Å². The van der Waals surface area contributed by atoms with Crippen molar-refractivity contribution in [1.82, 2.24) is 10.2 Å². The zero-order valence-electron chi connectivity index (χ0n) is 12.2. The Morgan fingerprint density at radius 3 is 2.37 bits per heavy atom. The van der Waals surface area contributed by atoms with Crippen molar-refractivity contribution in [2.45, 2.75) is 46.5 Å². The summed E-state index contributed by atoms with van der Waals surface area (Å²) in [5.74, 6) is -0.713. The van der Waals surface area contributed by atoms with Crippen LogP contribution in [-0.2, 0) is 4.79 Å². The zero-order valence-corrected chi connectivity index (χ0v) is 12.2. The second kappa shape index (κ2) is 6.78. The standard InChI is InChI=1S/C14H26N2O3/c1-11(2)8-16(9-12(17)18)13(19)15-10-14(3)6-4-5-7-14/h11H,4-10H2,1-3H3,(H,15,19)(H,17,18). The monoisotopic (exact) mass is 270 g/mol. The van der Waals surface area contributed by atoms with Crippen LogP contribution in [0.4, 0.5) is 4.79 Å². The van der Waals surface area contributed by atoms with E-state index in [-0.39, 0.29) is 23.9 Å². The first-order chi connectivity index (χ1) is 8.82. The molecule has 0 aliphatic heterocycles. The molecule has 2 amide bonds. The van der Waals surface area contributed by atoms with Crippen molar-refractivity contribution in [3.8, 4) is 0 Å². The Kier molecular flexibility index (Phi) is 5.63. The second-order valence-electron chi connectivity index (χ2n) is 6.34. The van der Waals surface area contributed by atoms with Gasteiger partial charge in [0.1, 0.15) is 6.54 Å². The Morgan fingerprint density at radius 1 is 1.32 bits per heavy atom. The largest absolute Gasteiger partial charge is 0.480 e. The molecule has 0 spiro atoms. The lowest BCUT2D eigenvalue weighted by atomic mass is 9.89. The van der Waals surface area contributed by atoms with E-state index in [2.05, 4.69) is 12.2 Å². The molecular weight excluding hydrogens is 244 g/mol. The lowest BCUT2D eigenvalue weighted by Crippen LogP contribution is -2.46. The third-order valence-corrected chi connectivity index (χ3v) is 3.68. The molecule has 1 aliphatic rings. The van der Waals surface area contributed by atoms with Crippen molar-refractivity contribution >= 4 is 12.0 Å². The molecule has 0 aromatic carbocycles. The number of carbonyl (C=O) groups excluding carboxylic acids is 1. The molecule has 110 valence electrons. The maximum absolute atomic E-state index is 12.1. The summed E-state index contributed by atoms with van der Waals surface area (Å²) in [5, 5.41) is 11.8. The Labute approximate surface area is 115 Å². The highest BCUT2D eigenvalue weighted by Gasteiger charge is 2.29. The zero-order chi connectivity index (χ0) is 14.5. The molecule has 1 saturated carbocycles. The lowest BCUT2D eigenvalue weighted by molar-refractivity contribution is -0.137. The minimum Gasteiger partial charge on any atom is -0.480 e. The van der Waals surface area contributed by atoms with Crippen molar-refractivity contribution in [2.75, 3.05) is 19.6 Å². The molecule has 1 rings (SSSR count). The molecule has 0 bridgehead atoms. The van der Waals surface area contributed by atoms with Gasteiger partial charge in [-0.1, -0.05) is 33.6 Å². The molecule has 1 aliphatic carbocycles. The van der Waals surface area contributed by atoms with E-state index in [4.69, 9.17) is 5.11 Å². The van der Waals surface area contributed by atoms with Gasteiger partial charge in [0.2, 0.25) is 0 Å². The summed E-state index contributed by atoms with van der Waals surface area (Å²) in [6.07, 6.45) is 4.71. The van der Waals surface area contributed by atoms with E-state index in [1.807, 2.05) is 13.8 Å². The van der Waals surface area contributed by atoms with Crippen LogP contribution in [0.25, 0.3) is 0 Å². The van der Waals surface area contributed by atoms with Crippen LogP contribution in [-0.4, -0.2) is 41.6 Å². The number of urea groups is 1. The fourth-order valence-electron chi connectivity index (χ4n) is 2.63. The van der Waals surface area contributed by atoms with E-state index in [0.29, 0.717) is 13.1 Å². The van der Waals surface area contributed by atoms with Gasteiger partial charge in [-0.25, -0.2) is 4.79 Å². The number of hydrogen-bond donors (Lipinski definition) is 2. The van der Waals surface area contributed by atoms with Crippen LogP contribution in [0, 0.1) is 11.3 Å². The Bertz CT molecular complexity index is 323. The normalized spacial score (nSPS) is 17.5. The highest BCUT2D eigenvalue weighted by molar-refractivity contribution is 5.80. The quantitative estimate of drug-likeness (QED) is 0.778. The molecule has 0 unspecified atom stereocenters. The number of carbonyl (C=O) groups is 2. The molecule has 5 nitrogen and oxygen atoms in total. The molecule has 0 atom stereocenters. The summed E-state index contributed by atoms with van der Waals surface area (Å²) in [5.41, 5.74) is 0.183. The first-order valence-corrected chi connectivity index (χ1v) is 7.07. The maximum Gasteiger partial charge on any atom is 0.323 e. The number of aliphatic carboxylic acids is 1. The fraction of sp³-hybridized carbons (Fsp3) is 0.857. The topological polar surface area (TPSA) is 69.6 Å². The van der Waals surface area contributed by atoms with E-state index in [1.165, 1.54) is 17.7 Å². The van der Waals surface area contributed by atoms with Gasteiger partial charge in [-0.2, -0.15) is 0 Å². The van der Waals surface area contributed by atoms with Crippen LogP contribution in [0.3, 0.4) is 0 Å². The van der Waals surface area contributed by atoms with Gasteiger partial charge in [-0.15, -0.1) is 0 Å². The van der Waals surface area contributed by atoms with Gasteiger partial charge in [-0.05, 0) is 24.2 Å². The van der Waals surface area contributed by atoms with Crippen molar-refractivity contribution in [2.24, 2.45) is 11.3 Å². The molecule has 0 aromatic rings. The molecule has 2 N–H and O–H groups in total. The van der Waals surface area contributed by atoms with Gasteiger partial charge < -0.3 is 15.3 Å². The van der Waals surface area contributed by atoms with Crippen molar-refractivity contribution in [1.29, 1.82) is 0 Å². The van der Waals surface area contributed by atoms with Gasteiger partial charge in [0.15, 0.2) is 0 Å². The number of nitrogens with zero attached hydrogens (tertiary/aromatic N) is 1. The average Bonchev–Trinajstić information content (AvgIpc) is 2.71. The molecule has 0 radical (unpaired) electrons. The summed E-state index contributed by atoms with van der Waals surface area (Å²) >= 11 is 0. The lowest BCUT2D eigenvalue weighted by Gasteiger charge is -2.28. The first kappa shape index (κ1) is 15.8. The van der Waals surface area contributed by atoms with E-state index in [1.54, 1.807) is 0 Å². The number of carboxylic acid groups (broad SMARTS) is 1. The molecular formula is C14H26N2O3. The summed E-state index contributed by atoms with van der Waals surface area (Å²) in [6.45, 7) is 7.00. The van der Waals surface area contributed by atoms with Gasteiger partial charge in [0, 0.05) is 13.1 Å². The van der Waals surface area contributed by atoms with Gasteiger partial charge in [0.05, 0.1) is 0 Å². The molecule has 1 fully saturated rings. The summed E-state index contributed by atoms with van der Waals surface area (Å²) in [6, 6.07) is -0.260. The van der Waals surface area contributed by atoms with Crippen LogP contribution in [0.1, 0.15) is 46.5 Å². The summed E-state index contributed by atoms with van der Waals surface area (Å²) in [4.78, 5) is 24.2. The van der Waals surface area contributed by atoms with Crippen molar-refractivity contribution in [3.63, 3.8) is 0 Å². The van der Waals surface area contributed by atoms with Crippen LogP contribution in [0.2, 0.25) is 0 Å². The van der Waals surface area contributed by atoms with Gasteiger partial charge >= 0.3 is 12.0 Å². The predicted octanol–water partition coefficient (Wildman–Crippen LogP) is 2.32. The molecule has 19 heavy (non-hydrogen) atoms. The van der Waals surface area contributed by atoms with Gasteiger partial charge in [-0.3, -0.25) is 4.79 Å². The molecule has 0 aromatic heterocycles. The van der Waals surface area contributed by atoms with E-state index < -0.39 is 5.97 Å². The van der Waals surface area contributed by atoms with Crippen molar-refractivity contribution in [3.05, 3.63) is 0 Å². The predicted molar refractivity (Wildman–Crippen MR) is 74.0 cm³/mol. The Hall–Kier alpha value is -1.26. The van der Waals surface area contributed by atoms with Crippen LogP contribution in [0.15, 0.2) is 0 Å². The SMILES string of the molecule is CC(C)CN(CC(=O)O)C(=O)NCC1(C)CCCC1. The Balaban J connectivity index is 2.48. The van der Waals surface area contributed by atoms with Gasteiger partial charge in [0.25, 0.3) is 0 Å². The van der Waals surface area contributed by atoms with E-state index in [0.717, 1.165) is 12.8 Å². The van der Waals surface area contributed by atoms with E-state index >= 15 is 0 Å². The smallest absolute Gasteiger partial charge is 0.323 e. The number of carboxylic acids is 1. The number of hydrogen-bond acceptors (Lipinski definition) is 2. The van der Waals surface area contributed by atoms with Crippen LogP contribution >= 0.6 is 0 Å². The number of nitrogens with one attached hydrogen (secondary N) is 1. The van der Waals surface area contributed by atoms with E-state index in [9.17, 15) is 9.59 Å². The molecule has 5 heteroatoms. The van der Waals surface area contributed by atoms with Crippen LogP contribution < -0.4 is 5.32 Å². The second-order valence-corrected chi connectivity index (χ2v) is 6.34.